The second-order valence-electron chi connectivity index (χ2n) is 8.72. The minimum Gasteiger partial charge on any atom is -0.399 e. The second-order valence-corrected chi connectivity index (χ2v) is 8.72. The number of rotatable bonds is 5. The molecule has 0 spiro atoms. The monoisotopic (exact) mass is 365 g/mol. The van der Waals surface area contributed by atoms with E-state index in [1.165, 1.54) is 0 Å². The van der Waals surface area contributed by atoms with Gasteiger partial charge in [-0.25, -0.2) is 4.85 Å². The van der Waals surface area contributed by atoms with Crippen LogP contribution in [0.2, 0.25) is 0 Å². The summed E-state index contributed by atoms with van der Waals surface area (Å²) in [5, 5.41) is 4.46. The molecule has 142 valence electrons. The van der Waals surface area contributed by atoms with Crippen LogP contribution in [0.5, 0.6) is 0 Å². The molecule has 5 nitrogen and oxygen atoms in total. The van der Waals surface area contributed by atoms with Gasteiger partial charge >= 0.3 is 7.12 Å². The highest BCUT2D eigenvalue weighted by Crippen LogP contribution is 2.37. The topological polar surface area (TPSA) is 40.6 Å². The Bertz CT molecular complexity index is 849. The third kappa shape index (κ3) is 4.10. The lowest BCUT2D eigenvalue weighted by atomic mass is 9.74. The summed E-state index contributed by atoms with van der Waals surface area (Å²) in [5.74, 6) is 0.545. The third-order valence-corrected chi connectivity index (χ3v) is 5.40. The molecular formula is C21H28BN3O2. The summed E-state index contributed by atoms with van der Waals surface area (Å²) in [5.41, 5.74) is 2.99. The molecule has 0 saturated carbocycles. The summed E-state index contributed by atoms with van der Waals surface area (Å²) in [7, 11) is -0.435. The Balaban J connectivity index is 1.91. The molecule has 0 bridgehead atoms. The summed E-state index contributed by atoms with van der Waals surface area (Å²) in [6.07, 6.45) is 4.68. The van der Waals surface area contributed by atoms with E-state index in [-0.39, 0.29) is 0 Å². The Morgan fingerprint density at radius 2 is 1.85 bits per heavy atom. The lowest BCUT2D eigenvalue weighted by molar-refractivity contribution is 0.00578. The van der Waals surface area contributed by atoms with Gasteiger partial charge in [0.05, 0.1) is 24.0 Å². The quantitative estimate of drug-likeness (QED) is 0.595. The van der Waals surface area contributed by atoms with Crippen molar-refractivity contribution < 1.29 is 9.31 Å². The molecule has 1 aromatic heterocycles. The number of hydrogen-bond donors (Lipinski definition) is 0. The van der Waals surface area contributed by atoms with Crippen molar-refractivity contribution in [3.63, 3.8) is 0 Å². The summed E-state index contributed by atoms with van der Waals surface area (Å²) < 4.78 is 14.5. The van der Waals surface area contributed by atoms with Gasteiger partial charge in [0.25, 0.3) is 0 Å². The van der Waals surface area contributed by atoms with Gasteiger partial charge in [-0.3, -0.25) is 4.68 Å². The van der Waals surface area contributed by atoms with Crippen LogP contribution < -0.4 is 5.46 Å². The predicted molar refractivity (Wildman–Crippen MR) is 108 cm³/mol. The van der Waals surface area contributed by atoms with Gasteiger partial charge in [0.15, 0.2) is 5.69 Å². The fourth-order valence-corrected chi connectivity index (χ4v) is 3.21. The molecule has 1 aliphatic heterocycles. The van der Waals surface area contributed by atoms with Crippen LogP contribution in [-0.2, 0) is 22.3 Å². The lowest BCUT2D eigenvalue weighted by Gasteiger charge is -2.32. The van der Waals surface area contributed by atoms with Crippen molar-refractivity contribution in [3.8, 4) is 0 Å². The fourth-order valence-electron chi connectivity index (χ4n) is 3.21. The molecule has 0 aliphatic carbocycles. The first-order chi connectivity index (χ1) is 12.6. The zero-order valence-corrected chi connectivity index (χ0v) is 17.1. The van der Waals surface area contributed by atoms with Gasteiger partial charge in [0, 0.05) is 12.7 Å². The molecule has 1 aromatic carbocycles. The number of benzene rings is 1. The van der Waals surface area contributed by atoms with Gasteiger partial charge in [-0.05, 0) is 51.1 Å². The van der Waals surface area contributed by atoms with Crippen molar-refractivity contribution in [1.82, 2.24) is 9.78 Å². The molecule has 27 heavy (non-hydrogen) atoms. The van der Waals surface area contributed by atoms with Crippen LogP contribution in [0.4, 0.5) is 5.69 Å². The average Bonchev–Trinajstić information content (AvgIpc) is 3.08. The molecule has 2 aromatic rings. The minimum atomic E-state index is -0.435. The van der Waals surface area contributed by atoms with Crippen molar-refractivity contribution in [2.45, 2.75) is 65.7 Å². The normalized spacial score (nSPS) is 18.1. The van der Waals surface area contributed by atoms with Crippen LogP contribution >= 0.6 is 0 Å². The maximum absolute atomic E-state index is 7.35. The fraction of sp³-hybridized carbons (Fsp3) is 0.524. The molecule has 0 unspecified atom stereocenters. The summed E-state index contributed by atoms with van der Waals surface area (Å²) in [6.45, 7) is 20.8. The lowest BCUT2D eigenvalue weighted by Crippen LogP contribution is -2.41. The first kappa shape index (κ1) is 19.7. The van der Waals surface area contributed by atoms with Crippen LogP contribution in [-0.4, -0.2) is 28.1 Å². The van der Waals surface area contributed by atoms with E-state index in [0.29, 0.717) is 18.0 Å². The summed E-state index contributed by atoms with van der Waals surface area (Å²) in [6, 6.07) is 5.73. The number of nitrogens with zero attached hydrogens (tertiary/aromatic N) is 3. The van der Waals surface area contributed by atoms with Crippen molar-refractivity contribution in [3.05, 3.63) is 53.1 Å². The first-order valence-electron chi connectivity index (χ1n) is 9.48. The number of aromatic nitrogens is 2. The molecule has 3 rings (SSSR count). The van der Waals surface area contributed by atoms with Crippen LogP contribution in [0, 0.1) is 12.5 Å². The van der Waals surface area contributed by atoms with E-state index >= 15 is 0 Å². The largest absolute Gasteiger partial charge is 0.495 e. The molecule has 0 atom stereocenters. The highest BCUT2D eigenvalue weighted by molar-refractivity contribution is 6.62. The van der Waals surface area contributed by atoms with Crippen molar-refractivity contribution in [1.29, 1.82) is 0 Å². The van der Waals surface area contributed by atoms with E-state index in [1.54, 1.807) is 0 Å². The molecule has 1 aliphatic rings. The van der Waals surface area contributed by atoms with E-state index in [4.69, 9.17) is 15.9 Å². The Morgan fingerprint density at radius 3 is 2.44 bits per heavy atom. The summed E-state index contributed by atoms with van der Waals surface area (Å²) >= 11 is 0. The minimum absolute atomic E-state index is 0.393. The van der Waals surface area contributed by atoms with Gasteiger partial charge in [-0.2, -0.15) is 5.10 Å². The molecular weight excluding hydrogens is 337 g/mol. The van der Waals surface area contributed by atoms with E-state index in [9.17, 15) is 0 Å². The van der Waals surface area contributed by atoms with E-state index in [0.717, 1.165) is 23.1 Å². The molecule has 1 fully saturated rings. The molecule has 0 amide bonds. The van der Waals surface area contributed by atoms with Crippen molar-refractivity contribution in [2.24, 2.45) is 5.92 Å². The van der Waals surface area contributed by atoms with Crippen LogP contribution in [0.1, 0.15) is 52.7 Å². The van der Waals surface area contributed by atoms with Crippen LogP contribution in [0.15, 0.2) is 30.6 Å². The number of hydrogen-bond acceptors (Lipinski definition) is 3. The zero-order valence-electron chi connectivity index (χ0n) is 17.1. The Morgan fingerprint density at radius 1 is 1.19 bits per heavy atom. The Labute approximate surface area is 162 Å². The average molecular weight is 365 g/mol. The predicted octanol–water partition coefficient (Wildman–Crippen LogP) is 3.98. The highest BCUT2D eigenvalue weighted by Gasteiger charge is 2.52. The van der Waals surface area contributed by atoms with E-state index in [1.807, 2.05) is 29.1 Å². The van der Waals surface area contributed by atoms with E-state index in [2.05, 4.69) is 57.7 Å². The molecule has 0 radical (unpaired) electrons. The molecule has 6 heteroatoms. The van der Waals surface area contributed by atoms with Crippen LogP contribution in [0.25, 0.3) is 4.85 Å². The second kappa shape index (κ2) is 7.14. The van der Waals surface area contributed by atoms with Gasteiger partial charge in [0.2, 0.25) is 0 Å². The Kier molecular flexibility index (Phi) is 5.20. The van der Waals surface area contributed by atoms with Crippen molar-refractivity contribution in [2.75, 3.05) is 0 Å². The van der Waals surface area contributed by atoms with E-state index < -0.39 is 18.3 Å². The zero-order chi connectivity index (χ0) is 19.8. The standard InChI is InChI=1S/C21H28BN3O2/c1-15(2)13-25-14-16(12-24-25)10-17-11-18(23-7)8-9-19(17)22-26-20(3,4)21(5,6)27-22/h8-9,11-12,14-15H,10,13H2,1-6H3. The summed E-state index contributed by atoms with van der Waals surface area (Å²) in [4.78, 5) is 3.59. The Hall–Kier alpha value is -2.10. The molecule has 2 heterocycles. The first-order valence-corrected chi connectivity index (χ1v) is 9.48. The van der Waals surface area contributed by atoms with Gasteiger partial charge in [-0.15, -0.1) is 0 Å². The van der Waals surface area contributed by atoms with Gasteiger partial charge in [-0.1, -0.05) is 37.6 Å². The smallest absolute Gasteiger partial charge is 0.399 e. The molecule has 0 N–H and O–H groups in total. The van der Waals surface area contributed by atoms with Crippen LogP contribution in [0.3, 0.4) is 0 Å². The highest BCUT2D eigenvalue weighted by atomic mass is 16.7. The van der Waals surface area contributed by atoms with Crippen molar-refractivity contribution >= 4 is 18.3 Å². The third-order valence-electron chi connectivity index (χ3n) is 5.40. The van der Waals surface area contributed by atoms with Gasteiger partial charge < -0.3 is 9.31 Å². The molecule has 1 saturated heterocycles. The SMILES string of the molecule is [C-]#[N+]c1ccc(B2OC(C)(C)C(C)(C)O2)c(Cc2cnn(CC(C)C)c2)c1. The maximum Gasteiger partial charge on any atom is 0.495 e. The maximum atomic E-state index is 7.35. The van der Waals surface area contributed by atoms with Gasteiger partial charge in [0.1, 0.15) is 0 Å².